The third-order valence-corrected chi connectivity index (χ3v) is 4.95. The normalized spacial score (nSPS) is 12.3. The van der Waals surface area contributed by atoms with E-state index in [2.05, 4.69) is 21.9 Å². The number of nitrogens with two attached hydrogens (primary N) is 1. The molecule has 9 nitrogen and oxygen atoms in total. The summed E-state index contributed by atoms with van der Waals surface area (Å²) in [5.74, 6) is -0.308. The third kappa shape index (κ3) is 7.49. The highest BCUT2D eigenvalue weighted by Gasteiger charge is 2.16. The van der Waals surface area contributed by atoms with Crippen LogP contribution >= 0.6 is 0 Å². The number of nitrogens with one attached hydrogen (secondary N) is 1. The van der Waals surface area contributed by atoms with Gasteiger partial charge >= 0.3 is 5.97 Å². The standard InChI is InChI=1S/C20H33N5O4/c1-2-3-4-5-6-7-8-9-16(27)29-13-15(10-11-26)12-25-14-22-17-18(25)23-20(21)24-19(17)28/h14-15,26H,2-13H2,1H3,(H3,21,23,24,28). The van der Waals surface area contributed by atoms with Gasteiger partial charge in [0.2, 0.25) is 5.95 Å². The second kappa shape index (κ2) is 12.2. The quantitative estimate of drug-likeness (QED) is 0.323. The Bertz CT molecular complexity index is 817. The number of fused-ring (bicyclic) bond motifs is 1. The van der Waals surface area contributed by atoms with Crippen LogP contribution in [0.5, 0.6) is 0 Å². The Balaban J connectivity index is 1.80. The Morgan fingerprint density at radius 3 is 2.72 bits per heavy atom. The first kappa shape index (κ1) is 22.9. The number of carbonyl (C=O) groups is 1. The van der Waals surface area contributed by atoms with Crippen molar-refractivity contribution in [3.8, 4) is 0 Å². The van der Waals surface area contributed by atoms with E-state index in [0.717, 1.165) is 19.3 Å². The molecule has 2 aromatic heterocycles. The van der Waals surface area contributed by atoms with Crippen LogP contribution in [0, 0.1) is 5.92 Å². The largest absolute Gasteiger partial charge is 0.465 e. The Morgan fingerprint density at radius 1 is 1.28 bits per heavy atom. The summed E-state index contributed by atoms with van der Waals surface area (Å²) in [6.45, 7) is 2.79. The second-order valence-electron chi connectivity index (χ2n) is 7.45. The number of aromatic nitrogens is 4. The maximum absolute atomic E-state index is 12.0. The number of imidazole rings is 1. The average molecular weight is 408 g/mol. The molecule has 0 saturated carbocycles. The Morgan fingerprint density at radius 2 is 2.00 bits per heavy atom. The van der Waals surface area contributed by atoms with Crippen molar-refractivity contribution in [3.05, 3.63) is 16.7 Å². The number of carbonyl (C=O) groups excluding carboxylic acids is 1. The number of aromatic amines is 1. The Kier molecular flexibility index (Phi) is 9.63. The zero-order chi connectivity index (χ0) is 21.1. The summed E-state index contributed by atoms with van der Waals surface area (Å²) in [6.07, 6.45) is 10.4. The van der Waals surface area contributed by atoms with Crippen LogP contribution in [-0.4, -0.2) is 43.8 Å². The minimum absolute atomic E-state index is 0.0177. The van der Waals surface area contributed by atoms with Crippen molar-refractivity contribution in [1.29, 1.82) is 0 Å². The van der Waals surface area contributed by atoms with Gasteiger partial charge in [0.05, 0.1) is 12.9 Å². The molecule has 29 heavy (non-hydrogen) atoms. The summed E-state index contributed by atoms with van der Waals surface area (Å²) in [5, 5.41) is 9.34. The average Bonchev–Trinajstić information content (AvgIpc) is 3.08. The van der Waals surface area contributed by atoms with Gasteiger partial charge < -0.3 is 20.1 Å². The smallest absolute Gasteiger partial charge is 0.305 e. The van der Waals surface area contributed by atoms with E-state index in [1.807, 2.05) is 0 Å². The second-order valence-corrected chi connectivity index (χ2v) is 7.45. The lowest BCUT2D eigenvalue weighted by Crippen LogP contribution is -2.21. The van der Waals surface area contributed by atoms with E-state index in [1.165, 1.54) is 32.0 Å². The summed E-state index contributed by atoms with van der Waals surface area (Å²) >= 11 is 0. The Hall–Kier alpha value is -2.42. The van der Waals surface area contributed by atoms with Crippen LogP contribution in [0.1, 0.15) is 64.7 Å². The number of H-pyrrole nitrogens is 1. The summed E-state index contributed by atoms with van der Waals surface area (Å²) < 4.78 is 7.11. The predicted molar refractivity (Wildman–Crippen MR) is 111 cm³/mol. The molecule has 162 valence electrons. The molecule has 9 heteroatoms. The molecule has 0 fully saturated rings. The SMILES string of the molecule is CCCCCCCCCC(=O)OCC(CCO)Cn1cnc2c(=O)[nH]c(N)nc21. The highest BCUT2D eigenvalue weighted by molar-refractivity contribution is 5.70. The summed E-state index contributed by atoms with van der Waals surface area (Å²) in [5.41, 5.74) is 5.80. The van der Waals surface area contributed by atoms with E-state index >= 15 is 0 Å². The molecular weight excluding hydrogens is 374 g/mol. The molecule has 0 aromatic carbocycles. The summed E-state index contributed by atoms with van der Waals surface area (Å²) in [4.78, 5) is 34.5. The first-order valence-corrected chi connectivity index (χ1v) is 10.5. The van der Waals surface area contributed by atoms with Crippen LogP contribution in [-0.2, 0) is 16.1 Å². The number of nitrogens with zero attached hydrogens (tertiary/aromatic N) is 3. The van der Waals surface area contributed by atoms with Gasteiger partial charge in [-0.15, -0.1) is 0 Å². The van der Waals surface area contributed by atoms with Crippen molar-refractivity contribution in [3.63, 3.8) is 0 Å². The molecule has 0 spiro atoms. The van der Waals surface area contributed by atoms with Gasteiger partial charge in [0.25, 0.3) is 5.56 Å². The van der Waals surface area contributed by atoms with Gasteiger partial charge in [0.15, 0.2) is 11.2 Å². The fourth-order valence-corrected chi connectivity index (χ4v) is 3.30. The zero-order valence-electron chi connectivity index (χ0n) is 17.2. The molecule has 0 radical (unpaired) electrons. The van der Waals surface area contributed by atoms with Crippen LogP contribution in [0.2, 0.25) is 0 Å². The number of unbranched alkanes of at least 4 members (excludes halogenated alkanes) is 6. The fraction of sp³-hybridized carbons (Fsp3) is 0.700. The van der Waals surface area contributed by atoms with Crippen LogP contribution in [0.4, 0.5) is 5.95 Å². The van der Waals surface area contributed by atoms with Crippen molar-refractivity contribution >= 4 is 23.1 Å². The van der Waals surface area contributed by atoms with Crippen molar-refractivity contribution in [2.75, 3.05) is 18.9 Å². The highest BCUT2D eigenvalue weighted by Crippen LogP contribution is 2.14. The molecule has 2 rings (SSSR count). The molecule has 0 aliphatic carbocycles. The highest BCUT2D eigenvalue weighted by atomic mass is 16.5. The number of aliphatic hydroxyl groups excluding tert-OH is 1. The number of rotatable bonds is 14. The molecule has 1 atom stereocenters. The van der Waals surface area contributed by atoms with E-state index in [9.17, 15) is 14.7 Å². The van der Waals surface area contributed by atoms with Crippen molar-refractivity contribution in [1.82, 2.24) is 19.5 Å². The molecular formula is C20H33N5O4. The lowest BCUT2D eigenvalue weighted by Gasteiger charge is -2.17. The van der Waals surface area contributed by atoms with E-state index in [0.29, 0.717) is 25.0 Å². The molecule has 0 amide bonds. The summed E-state index contributed by atoms with van der Waals surface area (Å²) in [7, 11) is 0. The van der Waals surface area contributed by atoms with E-state index in [1.54, 1.807) is 4.57 Å². The molecule has 2 heterocycles. The molecule has 1 unspecified atom stereocenters. The Labute approximate surface area is 170 Å². The molecule has 4 N–H and O–H groups in total. The number of esters is 1. The molecule has 0 aliphatic rings. The van der Waals surface area contributed by atoms with Gasteiger partial charge in [-0.3, -0.25) is 14.6 Å². The van der Waals surface area contributed by atoms with Gasteiger partial charge in [-0.2, -0.15) is 4.98 Å². The molecule has 0 aliphatic heterocycles. The van der Waals surface area contributed by atoms with Crippen LogP contribution in [0.3, 0.4) is 0 Å². The molecule has 0 bridgehead atoms. The fourth-order valence-electron chi connectivity index (χ4n) is 3.30. The number of hydrogen-bond donors (Lipinski definition) is 3. The number of ether oxygens (including phenoxy) is 1. The third-order valence-electron chi connectivity index (χ3n) is 4.95. The topological polar surface area (TPSA) is 136 Å². The first-order valence-electron chi connectivity index (χ1n) is 10.5. The van der Waals surface area contributed by atoms with Gasteiger partial charge in [-0.25, -0.2) is 4.98 Å². The van der Waals surface area contributed by atoms with Crippen LogP contribution < -0.4 is 11.3 Å². The number of anilines is 1. The minimum atomic E-state index is -0.397. The maximum atomic E-state index is 12.0. The van der Waals surface area contributed by atoms with Gasteiger partial charge in [-0.05, 0) is 12.8 Å². The van der Waals surface area contributed by atoms with E-state index in [4.69, 9.17) is 10.5 Å². The first-order chi connectivity index (χ1) is 14.0. The zero-order valence-corrected chi connectivity index (χ0v) is 17.2. The molecule has 0 saturated heterocycles. The van der Waals surface area contributed by atoms with E-state index in [-0.39, 0.29) is 36.6 Å². The minimum Gasteiger partial charge on any atom is -0.465 e. The van der Waals surface area contributed by atoms with Gasteiger partial charge in [0, 0.05) is 25.5 Å². The number of nitrogen functional groups attached to an aromatic ring is 1. The van der Waals surface area contributed by atoms with Crippen LogP contribution in [0.25, 0.3) is 11.2 Å². The number of hydrogen-bond acceptors (Lipinski definition) is 7. The number of aliphatic hydroxyl groups is 1. The van der Waals surface area contributed by atoms with Crippen molar-refractivity contribution < 1.29 is 14.6 Å². The lowest BCUT2D eigenvalue weighted by atomic mass is 10.1. The monoisotopic (exact) mass is 407 g/mol. The predicted octanol–water partition coefficient (Wildman–Crippen LogP) is 2.38. The lowest BCUT2D eigenvalue weighted by molar-refractivity contribution is -0.145. The van der Waals surface area contributed by atoms with Gasteiger partial charge in [-0.1, -0.05) is 45.4 Å². The van der Waals surface area contributed by atoms with Crippen LogP contribution in [0.15, 0.2) is 11.1 Å². The maximum Gasteiger partial charge on any atom is 0.305 e. The van der Waals surface area contributed by atoms with Crippen molar-refractivity contribution in [2.24, 2.45) is 5.92 Å². The van der Waals surface area contributed by atoms with Crippen molar-refractivity contribution in [2.45, 2.75) is 71.3 Å². The van der Waals surface area contributed by atoms with Gasteiger partial charge in [0.1, 0.15) is 0 Å². The molecule has 2 aromatic rings. The summed E-state index contributed by atoms with van der Waals surface area (Å²) in [6, 6.07) is 0. The van der Waals surface area contributed by atoms with E-state index < -0.39 is 5.56 Å².